The molecule has 0 N–H and O–H groups in total. The molecule has 0 spiro atoms. The van der Waals surface area contributed by atoms with Crippen molar-refractivity contribution in [1.29, 1.82) is 0 Å². The van der Waals surface area contributed by atoms with Gasteiger partial charge in [-0.05, 0) is 30.4 Å². The van der Waals surface area contributed by atoms with Gasteiger partial charge in [-0.2, -0.15) is 0 Å². The summed E-state index contributed by atoms with van der Waals surface area (Å²) in [5.41, 5.74) is 2.59. The summed E-state index contributed by atoms with van der Waals surface area (Å²) >= 11 is 1.29. The molecule has 7 nitrogen and oxygen atoms in total. The summed E-state index contributed by atoms with van der Waals surface area (Å²) < 4.78 is 6.09. The quantitative estimate of drug-likeness (QED) is 0.757. The molecular weight excluding hydrogens is 364 g/mol. The highest BCUT2D eigenvalue weighted by Gasteiger charge is 2.33. The Hall–Kier alpha value is -2.32. The Bertz CT molecular complexity index is 780. The molecule has 0 radical (unpaired) electrons. The van der Waals surface area contributed by atoms with E-state index in [1.807, 2.05) is 12.1 Å². The summed E-state index contributed by atoms with van der Waals surface area (Å²) in [6, 6.07) is 3.81. The van der Waals surface area contributed by atoms with Crippen molar-refractivity contribution < 1.29 is 14.3 Å². The van der Waals surface area contributed by atoms with Crippen molar-refractivity contribution in [2.45, 2.75) is 25.5 Å². The van der Waals surface area contributed by atoms with Crippen molar-refractivity contribution >= 4 is 23.2 Å². The minimum atomic E-state index is -0.189. The van der Waals surface area contributed by atoms with Gasteiger partial charge in [0, 0.05) is 38.6 Å². The molecule has 142 valence electrons. The first-order valence-electron chi connectivity index (χ1n) is 9.15. The number of ether oxygens (including phenoxy) is 1. The van der Waals surface area contributed by atoms with E-state index < -0.39 is 0 Å². The molecule has 4 rings (SSSR count). The number of hydrogen-bond donors (Lipinski definition) is 0. The lowest BCUT2D eigenvalue weighted by atomic mass is 10.2. The molecule has 27 heavy (non-hydrogen) atoms. The Labute approximate surface area is 162 Å². The van der Waals surface area contributed by atoms with Gasteiger partial charge in [0.25, 0.3) is 5.91 Å². The Kier molecular flexibility index (Phi) is 5.45. The maximum absolute atomic E-state index is 12.8. The molecule has 8 heteroatoms. The Morgan fingerprint density at radius 3 is 2.85 bits per heavy atom. The summed E-state index contributed by atoms with van der Waals surface area (Å²) in [4.78, 5) is 37.6. The molecule has 2 aromatic heterocycles. The molecule has 3 heterocycles. The van der Waals surface area contributed by atoms with Crippen LogP contribution >= 0.6 is 11.3 Å². The van der Waals surface area contributed by atoms with Crippen LogP contribution in [0.15, 0.2) is 36.2 Å². The largest absolute Gasteiger partial charge is 0.374 e. The van der Waals surface area contributed by atoms with E-state index in [0.717, 1.165) is 5.56 Å². The lowest BCUT2D eigenvalue weighted by Gasteiger charge is -2.24. The molecule has 2 aromatic rings. The molecule has 1 saturated heterocycles. The monoisotopic (exact) mass is 386 g/mol. The number of rotatable bonds is 6. The van der Waals surface area contributed by atoms with Crippen molar-refractivity contribution in [3.8, 4) is 0 Å². The highest BCUT2D eigenvalue weighted by Crippen LogP contribution is 2.29. The van der Waals surface area contributed by atoms with Crippen LogP contribution < -0.4 is 0 Å². The van der Waals surface area contributed by atoms with Gasteiger partial charge in [-0.1, -0.05) is 6.07 Å². The maximum atomic E-state index is 12.8. The molecule has 0 bridgehead atoms. The predicted molar refractivity (Wildman–Crippen MR) is 100 cm³/mol. The van der Waals surface area contributed by atoms with E-state index in [1.165, 1.54) is 24.2 Å². The van der Waals surface area contributed by atoms with Crippen LogP contribution in [0.4, 0.5) is 0 Å². The van der Waals surface area contributed by atoms with Crippen LogP contribution in [0.1, 0.15) is 28.1 Å². The number of carbonyl (C=O) groups is 2. The van der Waals surface area contributed by atoms with Crippen LogP contribution in [0.25, 0.3) is 0 Å². The average molecular weight is 386 g/mol. The Morgan fingerprint density at radius 1 is 1.26 bits per heavy atom. The van der Waals surface area contributed by atoms with Gasteiger partial charge in [-0.3, -0.25) is 19.6 Å². The van der Waals surface area contributed by atoms with Crippen molar-refractivity contribution in [3.05, 3.63) is 46.7 Å². The summed E-state index contributed by atoms with van der Waals surface area (Å²) in [7, 11) is 0. The number of thiazole rings is 1. The second-order valence-electron chi connectivity index (χ2n) is 7.09. The first-order chi connectivity index (χ1) is 13.2. The van der Waals surface area contributed by atoms with Crippen LogP contribution in [-0.2, 0) is 16.1 Å². The summed E-state index contributed by atoms with van der Waals surface area (Å²) in [6.45, 7) is 2.12. The second kappa shape index (κ2) is 8.14. The molecule has 1 unspecified atom stereocenters. The molecule has 1 aliphatic carbocycles. The van der Waals surface area contributed by atoms with E-state index >= 15 is 0 Å². The summed E-state index contributed by atoms with van der Waals surface area (Å²) in [5.74, 6) is 0.393. The highest BCUT2D eigenvalue weighted by atomic mass is 32.1. The van der Waals surface area contributed by atoms with E-state index in [2.05, 4.69) is 9.97 Å². The number of pyridine rings is 1. The van der Waals surface area contributed by atoms with Gasteiger partial charge in [0.2, 0.25) is 5.91 Å². The molecule has 2 fully saturated rings. The van der Waals surface area contributed by atoms with Gasteiger partial charge in [0.15, 0.2) is 0 Å². The van der Waals surface area contributed by atoms with Crippen LogP contribution in [0, 0.1) is 5.92 Å². The SMILES string of the molecule is O=C1CN(C(=O)c2cncs2)CC(OCC2CC2)CN1Cc1cccnc1. The molecule has 2 aliphatic rings. The Morgan fingerprint density at radius 2 is 2.15 bits per heavy atom. The van der Waals surface area contributed by atoms with Gasteiger partial charge in [0.1, 0.15) is 11.4 Å². The highest BCUT2D eigenvalue weighted by molar-refractivity contribution is 7.11. The molecule has 0 aromatic carbocycles. The number of nitrogens with zero attached hydrogens (tertiary/aromatic N) is 4. The third kappa shape index (κ3) is 4.70. The zero-order valence-electron chi connectivity index (χ0n) is 15.0. The Balaban J connectivity index is 1.50. The lowest BCUT2D eigenvalue weighted by molar-refractivity contribution is -0.132. The number of aromatic nitrogens is 2. The van der Waals surface area contributed by atoms with Crippen molar-refractivity contribution in [3.63, 3.8) is 0 Å². The fraction of sp³-hybridized carbons (Fsp3) is 0.474. The molecular formula is C19H22N4O3S. The first-order valence-corrected chi connectivity index (χ1v) is 10.0. The van der Waals surface area contributed by atoms with Crippen LogP contribution in [0.5, 0.6) is 0 Å². The normalized spacial score (nSPS) is 20.6. The van der Waals surface area contributed by atoms with Gasteiger partial charge in [-0.15, -0.1) is 11.3 Å². The van der Waals surface area contributed by atoms with Crippen LogP contribution in [-0.4, -0.2) is 63.9 Å². The van der Waals surface area contributed by atoms with Crippen molar-refractivity contribution in [1.82, 2.24) is 19.8 Å². The van der Waals surface area contributed by atoms with E-state index in [0.29, 0.717) is 37.0 Å². The number of carbonyl (C=O) groups excluding carboxylic acids is 2. The topological polar surface area (TPSA) is 75.6 Å². The number of hydrogen-bond acceptors (Lipinski definition) is 6. The molecule has 1 aliphatic heterocycles. The molecule has 1 saturated carbocycles. The summed E-state index contributed by atoms with van der Waals surface area (Å²) in [5, 5.41) is 0. The summed E-state index contributed by atoms with van der Waals surface area (Å²) in [6.07, 6.45) is 7.24. The molecule has 1 atom stereocenters. The van der Waals surface area contributed by atoms with Crippen molar-refractivity contribution in [2.24, 2.45) is 5.92 Å². The third-order valence-corrected chi connectivity index (χ3v) is 5.58. The zero-order valence-corrected chi connectivity index (χ0v) is 15.8. The fourth-order valence-electron chi connectivity index (χ4n) is 3.14. The third-order valence-electron chi connectivity index (χ3n) is 4.82. The lowest BCUT2D eigenvalue weighted by Crippen LogP contribution is -2.39. The standard InChI is InChI=1S/C19H22N4O3S/c24-18-11-23(19(25)17-7-21-13-27-17)10-16(26-12-14-3-4-14)9-22(18)8-15-2-1-5-20-6-15/h1-2,5-7,13-14,16H,3-4,8-12H2. The van der Waals surface area contributed by atoms with Gasteiger partial charge >= 0.3 is 0 Å². The molecule has 2 amide bonds. The van der Waals surface area contributed by atoms with Gasteiger partial charge < -0.3 is 14.5 Å². The van der Waals surface area contributed by atoms with Crippen LogP contribution in [0.2, 0.25) is 0 Å². The fourth-order valence-corrected chi connectivity index (χ4v) is 3.72. The van der Waals surface area contributed by atoms with E-state index in [-0.39, 0.29) is 24.5 Å². The first kappa shape index (κ1) is 18.1. The zero-order chi connectivity index (χ0) is 18.6. The van der Waals surface area contributed by atoms with Gasteiger partial charge in [-0.25, -0.2) is 0 Å². The second-order valence-corrected chi connectivity index (χ2v) is 7.97. The van der Waals surface area contributed by atoms with Crippen LogP contribution in [0.3, 0.4) is 0 Å². The van der Waals surface area contributed by atoms with E-state index in [9.17, 15) is 9.59 Å². The van der Waals surface area contributed by atoms with E-state index in [1.54, 1.807) is 33.9 Å². The van der Waals surface area contributed by atoms with Gasteiger partial charge in [0.05, 0.1) is 17.8 Å². The smallest absolute Gasteiger partial charge is 0.266 e. The predicted octanol–water partition coefficient (Wildman–Crippen LogP) is 1.82. The number of amides is 2. The van der Waals surface area contributed by atoms with E-state index in [4.69, 9.17) is 4.74 Å². The maximum Gasteiger partial charge on any atom is 0.266 e. The minimum Gasteiger partial charge on any atom is -0.374 e. The van der Waals surface area contributed by atoms with Crippen molar-refractivity contribution in [2.75, 3.05) is 26.2 Å². The average Bonchev–Trinajstić information content (AvgIpc) is 3.38. The minimum absolute atomic E-state index is 0.0558.